The normalized spacial score (nSPS) is 12.4. The lowest BCUT2D eigenvalue weighted by molar-refractivity contribution is -0.138. The van der Waals surface area contributed by atoms with Crippen LogP contribution in [0.5, 0.6) is 0 Å². The molecular weight excluding hydrogens is 333 g/mol. The summed E-state index contributed by atoms with van der Waals surface area (Å²) in [6.45, 7) is 0. The predicted molar refractivity (Wildman–Crippen MR) is 86.4 cm³/mol. The minimum Gasteiger partial charge on any atom is -0.368 e. The van der Waals surface area contributed by atoms with Crippen LogP contribution in [0.25, 0.3) is 0 Å². The second-order valence-corrected chi connectivity index (χ2v) is 5.54. The molecule has 3 N–H and O–H groups in total. The lowest BCUT2D eigenvalue weighted by atomic mass is 9.99. The first-order chi connectivity index (χ1) is 11.8. The van der Waals surface area contributed by atoms with E-state index in [1.807, 2.05) is 0 Å². The number of halogens is 3. The molecule has 0 aliphatic carbocycles. The molecule has 25 heavy (non-hydrogen) atoms. The van der Waals surface area contributed by atoms with Gasteiger partial charge in [-0.2, -0.15) is 13.2 Å². The van der Waals surface area contributed by atoms with Gasteiger partial charge in [-0.3, -0.25) is 9.59 Å². The molecule has 0 aliphatic rings. The van der Waals surface area contributed by atoms with E-state index in [9.17, 15) is 22.8 Å². The molecule has 2 amide bonds. The molecular formula is C18H17F3N2O2. The summed E-state index contributed by atoms with van der Waals surface area (Å²) in [4.78, 5) is 23.6. The molecule has 132 valence electrons. The van der Waals surface area contributed by atoms with Gasteiger partial charge in [0.25, 0.3) is 0 Å². The molecule has 4 nitrogen and oxygen atoms in total. The van der Waals surface area contributed by atoms with Crippen LogP contribution in [0, 0.1) is 0 Å². The van der Waals surface area contributed by atoms with Crippen molar-refractivity contribution in [1.29, 1.82) is 0 Å². The Balaban J connectivity index is 2.12. The number of carbonyl (C=O) groups excluding carboxylic acids is 2. The Morgan fingerprint density at radius 3 is 2.20 bits per heavy atom. The summed E-state index contributed by atoms with van der Waals surface area (Å²) in [7, 11) is 0. The molecule has 1 atom stereocenters. The van der Waals surface area contributed by atoms with Crippen molar-refractivity contribution in [3.05, 3.63) is 71.3 Å². The van der Waals surface area contributed by atoms with E-state index in [2.05, 4.69) is 5.32 Å². The minimum absolute atomic E-state index is 0.00549. The number of primary amides is 1. The summed E-state index contributed by atoms with van der Waals surface area (Å²) in [6, 6.07) is 12.5. The minimum atomic E-state index is -4.55. The second-order valence-electron chi connectivity index (χ2n) is 5.54. The molecule has 0 fully saturated rings. The van der Waals surface area contributed by atoms with Crippen LogP contribution in [0.15, 0.2) is 54.6 Å². The highest BCUT2D eigenvalue weighted by molar-refractivity contribution is 5.87. The van der Waals surface area contributed by atoms with Crippen molar-refractivity contribution in [2.45, 2.75) is 25.1 Å². The van der Waals surface area contributed by atoms with E-state index in [0.717, 1.165) is 11.6 Å². The summed E-state index contributed by atoms with van der Waals surface area (Å²) in [5, 5.41) is 2.41. The van der Waals surface area contributed by atoms with Crippen molar-refractivity contribution in [1.82, 2.24) is 5.32 Å². The summed E-state index contributed by atoms with van der Waals surface area (Å²) in [5.41, 5.74) is 5.02. The smallest absolute Gasteiger partial charge is 0.368 e. The predicted octanol–water partition coefficient (Wildman–Crippen LogP) is 2.46. The van der Waals surface area contributed by atoms with Crippen molar-refractivity contribution in [3.8, 4) is 0 Å². The van der Waals surface area contributed by atoms with Gasteiger partial charge in [-0.05, 0) is 17.2 Å². The molecule has 2 rings (SSSR count). The van der Waals surface area contributed by atoms with Crippen LogP contribution < -0.4 is 11.1 Å². The fraction of sp³-hybridized carbons (Fsp3) is 0.222. The quantitative estimate of drug-likeness (QED) is 0.840. The van der Waals surface area contributed by atoms with Crippen LogP contribution >= 0.6 is 0 Å². The second kappa shape index (κ2) is 7.83. The number of alkyl halides is 3. The van der Waals surface area contributed by atoms with Crippen molar-refractivity contribution >= 4 is 11.8 Å². The monoisotopic (exact) mass is 350 g/mol. The SMILES string of the molecule is NC(=O)[C@@H](Cc1ccccc1C(F)(F)F)NC(=O)Cc1ccccc1. The van der Waals surface area contributed by atoms with Gasteiger partial charge in [0.05, 0.1) is 12.0 Å². The summed E-state index contributed by atoms with van der Waals surface area (Å²) in [6.07, 6.45) is -4.87. The zero-order valence-corrected chi connectivity index (χ0v) is 13.2. The number of nitrogens with two attached hydrogens (primary N) is 1. The first-order valence-corrected chi connectivity index (χ1v) is 7.55. The van der Waals surface area contributed by atoms with Gasteiger partial charge >= 0.3 is 6.18 Å². The third kappa shape index (κ3) is 5.34. The van der Waals surface area contributed by atoms with Crippen LogP contribution in [0.4, 0.5) is 13.2 Å². The van der Waals surface area contributed by atoms with E-state index < -0.39 is 29.6 Å². The molecule has 0 bridgehead atoms. The fourth-order valence-electron chi connectivity index (χ4n) is 2.44. The van der Waals surface area contributed by atoms with Gasteiger partial charge in [-0.15, -0.1) is 0 Å². The highest BCUT2D eigenvalue weighted by Gasteiger charge is 2.34. The summed E-state index contributed by atoms with van der Waals surface area (Å²) >= 11 is 0. The van der Waals surface area contributed by atoms with Gasteiger partial charge in [0.15, 0.2) is 0 Å². The first-order valence-electron chi connectivity index (χ1n) is 7.55. The molecule has 0 aliphatic heterocycles. The third-order valence-corrected chi connectivity index (χ3v) is 3.63. The highest BCUT2D eigenvalue weighted by atomic mass is 19.4. The van der Waals surface area contributed by atoms with E-state index in [0.29, 0.717) is 0 Å². The summed E-state index contributed by atoms with van der Waals surface area (Å²) < 4.78 is 39.1. The fourth-order valence-corrected chi connectivity index (χ4v) is 2.44. The molecule has 0 radical (unpaired) electrons. The van der Waals surface area contributed by atoms with E-state index in [1.165, 1.54) is 18.2 Å². The van der Waals surface area contributed by atoms with Gasteiger partial charge in [-0.1, -0.05) is 48.5 Å². The van der Waals surface area contributed by atoms with E-state index >= 15 is 0 Å². The topological polar surface area (TPSA) is 72.2 Å². The number of rotatable bonds is 6. The number of carbonyl (C=O) groups is 2. The molecule has 2 aromatic rings. The van der Waals surface area contributed by atoms with Crippen molar-refractivity contribution in [3.63, 3.8) is 0 Å². The average Bonchev–Trinajstić information content (AvgIpc) is 2.54. The number of amides is 2. The Morgan fingerprint density at radius 1 is 1.00 bits per heavy atom. The molecule has 0 unspecified atom stereocenters. The van der Waals surface area contributed by atoms with Crippen LogP contribution in [-0.4, -0.2) is 17.9 Å². The Hall–Kier alpha value is -2.83. The van der Waals surface area contributed by atoms with E-state index in [-0.39, 0.29) is 18.4 Å². The maximum atomic E-state index is 13.0. The molecule has 2 aromatic carbocycles. The van der Waals surface area contributed by atoms with Crippen LogP contribution in [0.3, 0.4) is 0 Å². The molecule has 0 saturated carbocycles. The number of nitrogens with one attached hydrogen (secondary N) is 1. The number of hydrogen-bond donors (Lipinski definition) is 2. The molecule has 0 aromatic heterocycles. The first kappa shape index (κ1) is 18.5. The third-order valence-electron chi connectivity index (χ3n) is 3.63. The zero-order chi connectivity index (χ0) is 18.4. The molecule has 0 spiro atoms. The highest BCUT2D eigenvalue weighted by Crippen LogP contribution is 2.32. The maximum absolute atomic E-state index is 13.0. The zero-order valence-electron chi connectivity index (χ0n) is 13.2. The number of benzene rings is 2. The van der Waals surface area contributed by atoms with Crippen molar-refractivity contribution < 1.29 is 22.8 Å². The standard InChI is InChI=1S/C18H17F3N2O2/c19-18(20,21)14-9-5-4-8-13(14)11-15(17(22)25)23-16(24)10-12-6-2-1-3-7-12/h1-9,15H,10-11H2,(H2,22,25)(H,23,24)/t15-/m1/s1. The molecule has 0 saturated heterocycles. The van der Waals surface area contributed by atoms with Gasteiger partial charge < -0.3 is 11.1 Å². The van der Waals surface area contributed by atoms with Crippen LogP contribution in [-0.2, 0) is 28.6 Å². The lowest BCUT2D eigenvalue weighted by Gasteiger charge is -2.18. The average molecular weight is 350 g/mol. The number of hydrogen-bond acceptors (Lipinski definition) is 2. The van der Waals surface area contributed by atoms with Gasteiger partial charge in [0.1, 0.15) is 6.04 Å². The van der Waals surface area contributed by atoms with Gasteiger partial charge in [-0.25, -0.2) is 0 Å². The largest absolute Gasteiger partial charge is 0.416 e. The van der Waals surface area contributed by atoms with Crippen LogP contribution in [0.1, 0.15) is 16.7 Å². The lowest BCUT2D eigenvalue weighted by Crippen LogP contribution is -2.46. The van der Waals surface area contributed by atoms with Gasteiger partial charge in [0.2, 0.25) is 11.8 Å². The molecule has 7 heteroatoms. The van der Waals surface area contributed by atoms with Crippen LogP contribution in [0.2, 0.25) is 0 Å². The Bertz CT molecular complexity index is 745. The van der Waals surface area contributed by atoms with E-state index in [4.69, 9.17) is 5.73 Å². The van der Waals surface area contributed by atoms with Crippen molar-refractivity contribution in [2.24, 2.45) is 5.73 Å². The maximum Gasteiger partial charge on any atom is 0.416 e. The Kier molecular flexibility index (Phi) is 5.80. The van der Waals surface area contributed by atoms with Crippen molar-refractivity contribution in [2.75, 3.05) is 0 Å². The Morgan fingerprint density at radius 2 is 1.60 bits per heavy atom. The summed E-state index contributed by atoms with van der Waals surface area (Å²) in [5.74, 6) is -1.38. The molecule has 0 heterocycles. The Labute approximate surface area is 142 Å². The van der Waals surface area contributed by atoms with E-state index in [1.54, 1.807) is 30.3 Å². The van der Waals surface area contributed by atoms with Gasteiger partial charge in [0, 0.05) is 6.42 Å².